The minimum atomic E-state index is -0.385. The molecule has 1 aromatic heterocycles. The van der Waals surface area contributed by atoms with Crippen molar-refractivity contribution in [3.8, 4) is 0 Å². The van der Waals surface area contributed by atoms with Gasteiger partial charge in [0.25, 0.3) is 11.8 Å². The third-order valence-corrected chi connectivity index (χ3v) is 3.77. The second kappa shape index (κ2) is 7.59. The van der Waals surface area contributed by atoms with Crippen LogP contribution in [0.5, 0.6) is 0 Å². The number of nitrogens with zero attached hydrogens (tertiary/aromatic N) is 1. The maximum absolute atomic E-state index is 12.5. The summed E-state index contributed by atoms with van der Waals surface area (Å²) in [5.41, 5.74) is 1.05. The predicted octanol–water partition coefficient (Wildman–Crippen LogP) is 4.24. The summed E-state index contributed by atoms with van der Waals surface area (Å²) in [6, 6.07) is 18.7. The van der Waals surface area contributed by atoms with Gasteiger partial charge in [-0.05, 0) is 36.4 Å². The SMILES string of the molecule is O=C(Nc1ccccc1C(=O)Nc1ccccn1)c1ccccc1Cl. The van der Waals surface area contributed by atoms with Crippen LogP contribution in [0, 0.1) is 0 Å². The topological polar surface area (TPSA) is 71.1 Å². The Balaban J connectivity index is 1.82. The first kappa shape index (κ1) is 16.7. The molecular weight excluding hydrogens is 338 g/mol. The molecule has 5 nitrogen and oxygen atoms in total. The molecular formula is C19H14ClN3O2. The second-order valence-electron chi connectivity index (χ2n) is 5.15. The van der Waals surface area contributed by atoms with Crippen molar-refractivity contribution in [2.45, 2.75) is 0 Å². The molecule has 1 heterocycles. The van der Waals surface area contributed by atoms with Gasteiger partial charge in [-0.3, -0.25) is 9.59 Å². The summed E-state index contributed by atoms with van der Waals surface area (Å²) < 4.78 is 0. The Bertz CT molecular complexity index is 913. The van der Waals surface area contributed by atoms with E-state index in [1.807, 2.05) is 0 Å². The summed E-state index contributed by atoms with van der Waals surface area (Å²) in [6.45, 7) is 0. The van der Waals surface area contributed by atoms with Gasteiger partial charge in [-0.15, -0.1) is 0 Å². The fraction of sp³-hybridized carbons (Fsp3) is 0. The third kappa shape index (κ3) is 4.02. The minimum absolute atomic E-state index is 0.327. The Kier molecular flexibility index (Phi) is 5.06. The van der Waals surface area contributed by atoms with E-state index in [0.717, 1.165) is 0 Å². The van der Waals surface area contributed by atoms with Crippen LogP contribution in [0.1, 0.15) is 20.7 Å². The number of amides is 2. The van der Waals surface area contributed by atoms with Crippen LogP contribution in [0.2, 0.25) is 5.02 Å². The van der Waals surface area contributed by atoms with Gasteiger partial charge in [0.1, 0.15) is 5.82 Å². The lowest BCUT2D eigenvalue weighted by molar-refractivity contribution is 0.102. The molecule has 0 saturated carbocycles. The van der Waals surface area contributed by atoms with Crippen LogP contribution < -0.4 is 10.6 Å². The van der Waals surface area contributed by atoms with Gasteiger partial charge < -0.3 is 10.6 Å². The van der Waals surface area contributed by atoms with E-state index >= 15 is 0 Å². The summed E-state index contributed by atoms with van der Waals surface area (Å²) in [7, 11) is 0. The van der Waals surface area contributed by atoms with E-state index in [-0.39, 0.29) is 11.8 Å². The van der Waals surface area contributed by atoms with Crippen molar-refractivity contribution in [1.29, 1.82) is 0 Å². The standard InChI is InChI=1S/C19H14ClN3O2/c20-15-9-3-1-7-13(15)18(24)22-16-10-4-2-8-14(16)19(25)23-17-11-5-6-12-21-17/h1-12H,(H,22,24)(H,21,23,25). The third-order valence-electron chi connectivity index (χ3n) is 3.44. The average Bonchev–Trinajstić information content (AvgIpc) is 2.63. The summed E-state index contributed by atoms with van der Waals surface area (Å²) in [5.74, 6) is -0.322. The lowest BCUT2D eigenvalue weighted by Crippen LogP contribution is -2.18. The van der Waals surface area contributed by atoms with Gasteiger partial charge >= 0.3 is 0 Å². The highest BCUT2D eigenvalue weighted by Gasteiger charge is 2.15. The van der Waals surface area contributed by atoms with Crippen LogP contribution in [0.3, 0.4) is 0 Å². The molecule has 0 radical (unpaired) electrons. The van der Waals surface area contributed by atoms with Gasteiger partial charge in [0.15, 0.2) is 0 Å². The number of pyridine rings is 1. The second-order valence-corrected chi connectivity index (χ2v) is 5.56. The van der Waals surface area contributed by atoms with Crippen LogP contribution in [0.4, 0.5) is 11.5 Å². The van der Waals surface area contributed by atoms with Crippen LogP contribution in [0.25, 0.3) is 0 Å². The lowest BCUT2D eigenvalue weighted by Gasteiger charge is -2.11. The molecule has 3 aromatic rings. The molecule has 0 atom stereocenters. The molecule has 0 fully saturated rings. The molecule has 0 aliphatic rings. The van der Waals surface area contributed by atoms with Crippen LogP contribution in [-0.4, -0.2) is 16.8 Å². The van der Waals surface area contributed by atoms with Crippen LogP contribution in [0.15, 0.2) is 72.9 Å². The minimum Gasteiger partial charge on any atom is -0.321 e. The zero-order valence-corrected chi connectivity index (χ0v) is 13.8. The van der Waals surface area contributed by atoms with E-state index in [0.29, 0.717) is 27.7 Å². The highest BCUT2D eigenvalue weighted by molar-refractivity contribution is 6.34. The Hall–Kier alpha value is -3.18. The first-order chi connectivity index (χ1) is 12.1. The first-order valence-corrected chi connectivity index (χ1v) is 7.90. The van der Waals surface area contributed by atoms with Crippen molar-refractivity contribution in [1.82, 2.24) is 4.98 Å². The van der Waals surface area contributed by atoms with Crippen LogP contribution >= 0.6 is 11.6 Å². The zero-order valence-electron chi connectivity index (χ0n) is 13.1. The molecule has 0 spiro atoms. The van der Waals surface area contributed by atoms with Crippen molar-refractivity contribution >= 4 is 34.9 Å². The number of nitrogens with one attached hydrogen (secondary N) is 2. The first-order valence-electron chi connectivity index (χ1n) is 7.52. The van der Waals surface area contributed by atoms with Gasteiger partial charge in [-0.25, -0.2) is 4.98 Å². The highest BCUT2D eigenvalue weighted by atomic mass is 35.5. The number of hydrogen-bond acceptors (Lipinski definition) is 3. The van der Waals surface area contributed by atoms with Crippen molar-refractivity contribution in [3.63, 3.8) is 0 Å². The normalized spacial score (nSPS) is 10.1. The Morgan fingerprint density at radius 3 is 2.12 bits per heavy atom. The number of carbonyl (C=O) groups excluding carboxylic acids is 2. The largest absolute Gasteiger partial charge is 0.321 e. The molecule has 6 heteroatoms. The average molecular weight is 352 g/mol. The molecule has 2 aromatic carbocycles. The van der Waals surface area contributed by atoms with Gasteiger partial charge in [0, 0.05) is 6.20 Å². The van der Waals surface area contributed by atoms with E-state index in [9.17, 15) is 9.59 Å². The molecule has 124 valence electrons. The number of carbonyl (C=O) groups is 2. The van der Waals surface area contributed by atoms with Gasteiger partial charge in [-0.1, -0.05) is 41.9 Å². The molecule has 2 N–H and O–H groups in total. The number of hydrogen-bond donors (Lipinski definition) is 2. The Labute approximate surface area is 149 Å². The molecule has 0 saturated heterocycles. The summed E-state index contributed by atoms with van der Waals surface area (Å²) in [6.07, 6.45) is 1.58. The quantitative estimate of drug-likeness (QED) is 0.738. The molecule has 0 unspecified atom stereocenters. The van der Waals surface area contributed by atoms with E-state index < -0.39 is 0 Å². The van der Waals surface area contributed by atoms with E-state index in [2.05, 4.69) is 15.6 Å². The van der Waals surface area contributed by atoms with E-state index in [1.165, 1.54) is 0 Å². The van der Waals surface area contributed by atoms with Crippen LogP contribution in [-0.2, 0) is 0 Å². The fourth-order valence-electron chi connectivity index (χ4n) is 2.25. The predicted molar refractivity (Wildman–Crippen MR) is 98.0 cm³/mol. The number of anilines is 2. The Morgan fingerprint density at radius 2 is 1.40 bits per heavy atom. The molecule has 0 bridgehead atoms. The van der Waals surface area contributed by atoms with Crippen molar-refractivity contribution in [3.05, 3.63) is 89.1 Å². The zero-order chi connectivity index (χ0) is 17.6. The molecule has 3 rings (SSSR count). The van der Waals surface area contributed by atoms with Crippen molar-refractivity contribution in [2.75, 3.05) is 10.6 Å². The maximum atomic E-state index is 12.5. The summed E-state index contributed by atoms with van der Waals surface area (Å²) in [5, 5.41) is 5.77. The molecule has 0 aliphatic carbocycles. The number of rotatable bonds is 4. The van der Waals surface area contributed by atoms with Crippen molar-refractivity contribution < 1.29 is 9.59 Å². The molecule has 0 aliphatic heterocycles. The summed E-state index contributed by atoms with van der Waals surface area (Å²) >= 11 is 6.05. The van der Waals surface area contributed by atoms with E-state index in [4.69, 9.17) is 11.6 Å². The van der Waals surface area contributed by atoms with E-state index in [1.54, 1.807) is 72.9 Å². The smallest absolute Gasteiger partial charge is 0.258 e. The highest BCUT2D eigenvalue weighted by Crippen LogP contribution is 2.20. The fourth-order valence-corrected chi connectivity index (χ4v) is 2.47. The monoisotopic (exact) mass is 351 g/mol. The molecule has 25 heavy (non-hydrogen) atoms. The number of aromatic nitrogens is 1. The van der Waals surface area contributed by atoms with Gasteiger partial charge in [-0.2, -0.15) is 0 Å². The summed E-state index contributed by atoms with van der Waals surface area (Å²) in [4.78, 5) is 29.0. The van der Waals surface area contributed by atoms with Gasteiger partial charge in [0.05, 0.1) is 21.8 Å². The molecule has 2 amide bonds. The number of benzene rings is 2. The number of para-hydroxylation sites is 1. The maximum Gasteiger partial charge on any atom is 0.258 e. The Morgan fingerprint density at radius 1 is 0.760 bits per heavy atom. The van der Waals surface area contributed by atoms with Crippen molar-refractivity contribution in [2.24, 2.45) is 0 Å². The number of halogens is 1. The van der Waals surface area contributed by atoms with Gasteiger partial charge in [0.2, 0.25) is 0 Å². The lowest BCUT2D eigenvalue weighted by atomic mass is 10.1.